The summed E-state index contributed by atoms with van der Waals surface area (Å²) in [7, 11) is 1.34. The molecule has 33 heavy (non-hydrogen) atoms. The highest BCUT2D eigenvalue weighted by Crippen LogP contribution is 2.51. The van der Waals surface area contributed by atoms with Gasteiger partial charge in [0.15, 0.2) is 17.3 Å². The highest BCUT2D eigenvalue weighted by Gasteiger charge is 2.52. The third-order valence-electron chi connectivity index (χ3n) is 5.95. The number of benzene rings is 2. The maximum absolute atomic E-state index is 12.4. The van der Waals surface area contributed by atoms with Gasteiger partial charge in [-0.25, -0.2) is 0 Å². The zero-order chi connectivity index (χ0) is 23.8. The fourth-order valence-electron chi connectivity index (χ4n) is 4.12. The van der Waals surface area contributed by atoms with Crippen molar-refractivity contribution in [2.24, 2.45) is 5.41 Å². The quantitative estimate of drug-likeness (QED) is 0.382. The summed E-state index contributed by atoms with van der Waals surface area (Å²) in [5.41, 5.74) is 2.07. The van der Waals surface area contributed by atoms with E-state index in [1.54, 1.807) is 25.1 Å². The number of ether oxygens (including phenoxy) is 4. The van der Waals surface area contributed by atoms with Gasteiger partial charge < -0.3 is 34.3 Å². The number of rotatable bonds is 9. The maximum Gasteiger partial charge on any atom is 0.453 e. The van der Waals surface area contributed by atoms with Gasteiger partial charge in [-0.2, -0.15) is 0 Å². The molecule has 176 valence electrons. The number of hydrogen-bond acceptors (Lipinski definition) is 9. The molecule has 0 bridgehead atoms. The van der Waals surface area contributed by atoms with Gasteiger partial charge in [0.2, 0.25) is 5.75 Å². The van der Waals surface area contributed by atoms with Crippen LogP contribution in [-0.4, -0.2) is 53.6 Å². The van der Waals surface area contributed by atoms with Crippen LogP contribution >= 0.6 is 0 Å². The van der Waals surface area contributed by atoms with Gasteiger partial charge in [-0.15, -0.1) is 0 Å². The molecule has 9 nitrogen and oxygen atoms in total. The van der Waals surface area contributed by atoms with E-state index >= 15 is 0 Å². The average Bonchev–Trinajstić information content (AvgIpc) is 3.47. The molecule has 4 rings (SSSR count). The second kappa shape index (κ2) is 8.66. The fourth-order valence-corrected chi connectivity index (χ4v) is 4.12. The second-order valence-electron chi connectivity index (χ2n) is 8.19. The molecule has 1 fully saturated rings. The van der Waals surface area contributed by atoms with Crippen molar-refractivity contribution in [1.82, 2.24) is 0 Å². The van der Waals surface area contributed by atoms with E-state index in [0.717, 1.165) is 11.1 Å². The molecule has 0 heterocycles. The molecule has 1 saturated carbocycles. The standard InChI is InChI=1S/C24H26O9/c1-3-31-22(26)23(11-12-23)13-32-20-17(8-10-19(21(20)30-2)33-24(27,28)29)14-5-4-6-16-15(14)7-9-18(16)25/h4-6,8,10,27-29H,3,7,9,11-13H2,1-2H3. The minimum atomic E-state index is -3.44. The number of Topliss-reactive ketones (excluding diaryl/α,β-unsaturated/α-hetero) is 1. The van der Waals surface area contributed by atoms with Crippen LogP contribution in [0.5, 0.6) is 17.2 Å². The summed E-state index contributed by atoms with van der Waals surface area (Å²) < 4.78 is 21.6. The molecule has 2 aliphatic rings. The number of carbonyl (C=O) groups excluding carboxylic acids is 2. The third-order valence-corrected chi connectivity index (χ3v) is 5.95. The van der Waals surface area contributed by atoms with E-state index in [1.165, 1.54) is 13.2 Å². The zero-order valence-corrected chi connectivity index (χ0v) is 18.4. The first-order chi connectivity index (χ1) is 15.7. The van der Waals surface area contributed by atoms with Crippen molar-refractivity contribution in [3.05, 3.63) is 41.5 Å². The molecule has 0 radical (unpaired) electrons. The van der Waals surface area contributed by atoms with Gasteiger partial charge >= 0.3 is 12.1 Å². The van der Waals surface area contributed by atoms with E-state index in [1.807, 2.05) is 6.07 Å². The lowest BCUT2D eigenvalue weighted by atomic mass is 9.95. The Balaban J connectivity index is 1.79. The molecule has 9 heteroatoms. The summed E-state index contributed by atoms with van der Waals surface area (Å²) in [6.45, 7) is 2.00. The lowest BCUT2D eigenvalue weighted by Crippen LogP contribution is -2.34. The van der Waals surface area contributed by atoms with Crippen LogP contribution in [0.25, 0.3) is 11.1 Å². The Labute approximate surface area is 190 Å². The Morgan fingerprint density at radius 3 is 2.39 bits per heavy atom. The van der Waals surface area contributed by atoms with Crippen molar-refractivity contribution < 1.29 is 43.9 Å². The zero-order valence-electron chi connectivity index (χ0n) is 18.4. The first kappa shape index (κ1) is 23.0. The van der Waals surface area contributed by atoms with Gasteiger partial charge in [-0.3, -0.25) is 9.59 Å². The predicted molar refractivity (Wildman–Crippen MR) is 115 cm³/mol. The SMILES string of the molecule is CCOC(=O)C1(COc2c(-c3cccc4c3CCC4=O)ccc(OC(O)(O)O)c2OC)CC1. The van der Waals surface area contributed by atoms with Crippen LogP contribution in [-0.2, 0) is 16.0 Å². The lowest BCUT2D eigenvalue weighted by Gasteiger charge is -2.23. The van der Waals surface area contributed by atoms with E-state index in [-0.39, 0.29) is 42.2 Å². The number of carbonyl (C=O) groups is 2. The number of methoxy groups -OCH3 is 1. The van der Waals surface area contributed by atoms with Crippen molar-refractivity contribution in [1.29, 1.82) is 0 Å². The summed E-state index contributed by atoms with van der Waals surface area (Å²) in [4.78, 5) is 24.7. The van der Waals surface area contributed by atoms with Crippen molar-refractivity contribution in [3.63, 3.8) is 0 Å². The minimum Gasteiger partial charge on any atom is -0.490 e. The second-order valence-corrected chi connectivity index (χ2v) is 8.19. The molecule has 2 aromatic rings. The molecule has 0 aliphatic heterocycles. The van der Waals surface area contributed by atoms with Gasteiger partial charge in [0, 0.05) is 17.5 Å². The summed E-state index contributed by atoms with van der Waals surface area (Å²) in [6.07, 6.45) is -1.22. The maximum atomic E-state index is 12.4. The van der Waals surface area contributed by atoms with Crippen molar-refractivity contribution in [3.8, 4) is 28.4 Å². The Morgan fingerprint density at radius 1 is 1.03 bits per heavy atom. The largest absolute Gasteiger partial charge is 0.490 e. The summed E-state index contributed by atoms with van der Waals surface area (Å²) in [6, 6.07) is 8.42. The molecule has 3 N–H and O–H groups in total. The number of hydrogen-bond donors (Lipinski definition) is 3. The minimum absolute atomic E-state index is 0.00406. The van der Waals surface area contributed by atoms with Crippen LogP contribution < -0.4 is 14.2 Å². The first-order valence-electron chi connectivity index (χ1n) is 10.7. The van der Waals surface area contributed by atoms with E-state index < -0.39 is 11.6 Å². The molecule has 0 saturated heterocycles. The average molecular weight is 458 g/mol. The van der Waals surface area contributed by atoms with Crippen LogP contribution in [0.1, 0.15) is 42.1 Å². The normalized spacial score (nSPS) is 16.2. The van der Waals surface area contributed by atoms with Crippen LogP contribution in [0.3, 0.4) is 0 Å². The monoisotopic (exact) mass is 458 g/mol. The Morgan fingerprint density at radius 2 is 1.76 bits per heavy atom. The van der Waals surface area contributed by atoms with Crippen molar-refractivity contribution in [2.45, 2.75) is 38.8 Å². The van der Waals surface area contributed by atoms with Crippen molar-refractivity contribution >= 4 is 11.8 Å². The van der Waals surface area contributed by atoms with Crippen molar-refractivity contribution in [2.75, 3.05) is 20.3 Å². The summed E-state index contributed by atoms with van der Waals surface area (Å²) in [5, 5.41) is 28.0. The Kier molecular flexibility index (Phi) is 6.04. The van der Waals surface area contributed by atoms with E-state index in [4.69, 9.17) is 18.9 Å². The number of aliphatic hydroxyl groups is 3. The third kappa shape index (κ3) is 4.52. The molecule has 0 unspecified atom stereocenters. The molecule has 0 spiro atoms. The molecule has 0 aromatic heterocycles. The van der Waals surface area contributed by atoms with Crippen LogP contribution in [0, 0.1) is 5.41 Å². The topological polar surface area (TPSA) is 132 Å². The molecule has 0 amide bonds. The molecule has 0 atom stereocenters. The molecule has 2 aliphatic carbocycles. The molecule has 2 aromatic carbocycles. The van der Waals surface area contributed by atoms with Gasteiger partial charge in [-0.05, 0) is 49.4 Å². The number of fused-ring (bicyclic) bond motifs is 1. The molecular weight excluding hydrogens is 432 g/mol. The fraction of sp³-hybridized carbons (Fsp3) is 0.417. The number of esters is 1. The number of ketones is 1. The van der Waals surface area contributed by atoms with E-state index in [9.17, 15) is 24.9 Å². The van der Waals surface area contributed by atoms with Gasteiger partial charge in [-0.1, -0.05) is 18.2 Å². The summed E-state index contributed by atoms with van der Waals surface area (Å²) in [5.74, 6) is -0.290. The predicted octanol–water partition coefficient (Wildman–Crippen LogP) is 2.18. The Bertz CT molecular complexity index is 1080. The van der Waals surface area contributed by atoms with E-state index in [0.29, 0.717) is 36.8 Å². The highest BCUT2D eigenvalue weighted by molar-refractivity contribution is 6.02. The van der Waals surface area contributed by atoms with Crippen LogP contribution in [0.4, 0.5) is 0 Å². The highest BCUT2D eigenvalue weighted by atomic mass is 16.9. The van der Waals surface area contributed by atoms with Gasteiger partial charge in [0.05, 0.1) is 13.7 Å². The lowest BCUT2D eigenvalue weighted by molar-refractivity contribution is -0.419. The molecular formula is C24H26O9. The first-order valence-corrected chi connectivity index (χ1v) is 10.7. The van der Waals surface area contributed by atoms with Gasteiger partial charge in [0.25, 0.3) is 0 Å². The van der Waals surface area contributed by atoms with Crippen LogP contribution in [0.2, 0.25) is 0 Å². The van der Waals surface area contributed by atoms with Crippen LogP contribution in [0.15, 0.2) is 30.3 Å². The smallest absolute Gasteiger partial charge is 0.453 e. The Hall–Kier alpha value is -3.14. The van der Waals surface area contributed by atoms with E-state index in [2.05, 4.69) is 0 Å². The van der Waals surface area contributed by atoms with Gasteiger partial charge in [0.1, 0.15) is 12.0 Å². The summed E-state index contributed by atoms with van der Waals surface area (Å²) >= 11 is 0.